The molecule has 1 atom stereocenters. The Morgan fingerprint density at radius 2 is 1.79 bits per heavy atom. The smallest absolute Gasteiger partial charge is 0.176 e. The summed E-state index contributed by atoms with van der Waals surface area (Å²) in [7, 11) is 5.04. The van der Waals surface area contributed by atoms with Crippen LogP contribution in [0.25, 0.3) is 0 Å². The average Bonchev–Trinajstić information content (AvgIpc) is 2.27. The first-order valence-electron chi connectivity index (χ1n) is 4.31. The van der Waals surface area contributed by atoms with Crippen LogP contribution in [0.5, 0.6) is 0 Å². The van der Waals surface area contributed by atoms with Crippen LogP contribution in [0.15, 0.2) is 18.7 Å². The van der Waals surface area contributed by atoms with Crippen molar-refractivity contribution in [3.8, 4) is 0 Å². The number of hydrogen-bond acceptors (Lipinski definition) is 5. The molecule has 78 valence electrons. The third kappa shape index (κ3) is 2.47. The van der Waals surface area contributed by atoms with Crippen molar-refractivity contribution in [3.63, 3.8) is 0 Å². The van der Waals surface area contributed by atoms with E-state index in [-0.39, 0.29) is 12.3 Å². The number of methoxy groups -OCH3 is 2. The summed E-state index contributed by atoms with van der Waals surface area (Å²) in [5.41, 5.74) is 0.934. The summed E-state index contributed by atoms with van der Waals surface area (Å²) >= 11 is 0. The Kier molecular flexibility index (Phi) is 4.45. The van der Waals surface area contributed by atoms with E-state index < -0.39 is 0 Å². The van der Waals surface area contributed by atoms with E-state index >= 15 is 0 Å². The lowest BCUT2D eigenvalue weighted by Gasteiger charge is -2.23. The van der Waals surface area contributed by atoms with Crippen LogP contribution in [0.2, 0.25) is 0 Å². The van der Waals surface area contributed by atoms with E-state index in [1.54, 1.807) is 26.6 Å². The summed E-state index contributed by atoms with van der Waals surface area (Å²) in [6.07, 6.45) is 4.62. The maximum absolute atomic E-state index is 5.17. The molecular weight excluding hydrogens is 182 g/mol. The highest BCUT2D eigenvalue weighted by atomic mass is 16.7. The van der Waals surface area contributed by atoms with Crippen molar-refractivity contribution in [2.75, 3.05) is 21.3 Å². The largest absolute Gasteiger partial charge is 0.354 e. The number of likely N-dealkylation sites (N-methyl/N-ethyl adjacent to an activating group) is 1. The lowest BCUT2D eigenvalue weighted by atomic mass is 10.1. The van der Waals surface area contributed by atoms with E-state index in [0.717, 1.165) is 5.56 Å². The molecule has 0 aliphatic rings. The number of hydrogen-bond donors (Lipinski definition) is 1. The van der Waals surface area contributed by atoms with Crippen molar-refractivity contribution < 1.29 is 9.47 Å². The first-order valence-corrected chi connectivity index (χ1v) is 4.31. The van der Waals surface area contributed by atoms with E-state index in [9.17, 15) is 0 Å². The Balaban J connectivity index is 2.81. The lowest BCUT2D eigenvalue weighted by molar-refractivity contribution is -0.123. The zero-order chi connectivity index (χ0) is 10.4. The quantitative estimate of drug-likeness (QED) is 0.690. The van der Waals surface area contributed by atoms with Gasteiger partial charge in [0, 0.05) is 32.2 Å². The molecule has 0 bridgehead atoms. The third-order valence-corrected chi connectivity index (χ3v) is 1.99. The number of aromatic nitrogens is 2. The van der Waals surface area contributed by atoms with Gasteiger partial charge in [-0.1, -0.05) is 0 Å². The Morgan fingerprint density at radius 1 is 1.21 bits per heavy atom. The van der Waals surface area contributed by atoms with Crippen LogP contribution >= 0.6 is 0 Å². The van der Waals surface area contributed by atoms with Crippen LogP contribution in [-0.2, 0) is 9.47 Å². The van der Waals surface area contributed by atoms with Gasteiger partial charge >= 0.3 is 0 Å². The first kappa shape index (κ1) is 11.0. The summed E-state index contributed by atoms with van der Waals surface area (Å²) in [5.74, 6) is 0. The van der Waals surface area contributed by atoms with Crippen LogP contribution in [0.1, 0.15) is 11.6 Å². The standard InChI is InChI=1S/C9H15N3O2/c1-10-8(9(13-2)14-3)7-4-11-6-12-5-7/h4-6,8-10H,1-3H3. The second-order valence-corrected chi connectivity index (χ2v) is 2.78. The highest BCUT2D eigenvalue weighted by Crippen LogP contribution is 2.16. The van der Waals surface area contributed by atoms with Crippen molar-refractivity contribution in [3.05, 3.63) is 24.3 Å². The maximum atomic E-state index is 5.17. The molecule has 1 aromatic rings. The number of nitrogens with one attached hydrogen (secondary N) is 1. The lowest BCUT2D eigenvalue weighted by Crippen LogP contribution is -2.32. The molecule has 0 aromatic carbocycles. The van der Waals surface area contributed by atoms with Crippen molar-refractivity contribution >= 4 is 0 Å². The number of nitrogens with zero attached hydrogens (tertiary/aromatic N) is 2. The molecule has 1 heterocycles. The van der Waals surface area contributed by atoms with E-state index in [1.165, 1.54) is 6.33 Å². The molecule has 0 fully saturated rings. The molecule has 1 N–H and O–H groups in total. The fourth-order valence-corrected chi connectivity index (χ4v) is 1.30. The molecule has 14 heavy (non-hydrogen) atoms. The van der Waals surface area contributed by atoms with E-state index in [4.69, 9.17) is 9.47 Å². The molecular formula is C9H15N3O2. The zero-order valence-corrected chi connectivity index (χ0v) is 8.60. The Labute approximate surface area is 83.5 Å². The molecule has 0 aliphatic carbocycles. The van der Waals surface area contributed by atoms with Gasteiger partial charge in [0.15, 0.2) is 6.29 Å². The predicted molar refractivity (Wildman–Crippen MR) is 51.6 cm³/mol. The molecule has 0 spiro atoms. The van der Waals surface area contributed by atoms with E-state index in [0.29, 0.717) is 0 Å². The number of rotatable bonds is 5. The highest BCUT2D eigenvalue weighted by molar-refractivity contribution is 5.09. The van der Waals surface area contributed by atoms with Gasteiger partial charge in [0.25, 0.3) is 0 Å². The van der Waals surface area contributed by atoms with Crippen LogP contribution < -0.4 is 5.32 Å². The van der Waals surface area contributed by atoms with Crippen molar-refractivity contribution in [1.29, 1.82) is 0 Å². The van der Waals surface area contributed by atoms with Crippen LogP contribution in [0.3, 0.4) is 0 Å². The van der Waals surface area contributed by atoms with Gasteiger partial charge in [0.05, 0.1) is 6.04 Å². The van der Waals surface area contributed by atoms with Gasteiger partial charge in [-0.2, -0.15) is 0 Å². The Bertz CT molecular complexity index is 251. The van der Waals surface area contributed by atoms with Crippen LogP contribution in [0.4, 0.5) is 0 Å². The minimum atomic E-state index is -0.342. The second-order valence-electron chi connectivity index (χ2n) is 2.78. The predicted octanol–water partition coefficient (Wildman–Crippen LogP) is 0.356. The van der Waals surface area contributed by atoms with Gasteiger partial charge in [-0.3, -0.25) is 0 Å². The SMILES string of the molecule is CNC(c1cncnc1)C(OC)OC. The van der Waals surface area contributed by atoms with Crippen molar-refractivity contribution in [2.45, 2.75) is 12.3 Å². The van der Waals surface area contributed by atoms with Crippen LogP contribution in [0, 0.1) is 0 Å². The average molecular weight is 197 g/mol. The summed E-state index contributed by atoms with van der Waals surface area (Å²) in [5, 5.41) is 3.09. The molecule has 1 rings (SSSR count). The van der Waals surface area contributed by atoms with Gasteiger partial charge in [-0.15, -0.1) is 0 Å². The van der Waals surface area contributed by atoms with Crippen LogP contribution in [-0.4, -0.2) is 37.5 Å². The summed E-state index contributed by atoms with van der Waals surface area (Å²) < 4.78 is 10.3. The highest BCUT2D eigenvalue weighted by Gasteiger charge is 2.21. The fourth-order valence-electron chi connectivity index (χ4n) is 1.30. The zero-order valence-electron chi connectivity index (χ0n) is 8.60. The van der Waals surface area contributed by atoms with E-state index in [2.05, 4.69) is 15.3 Å². The molecule has 0 aliphatic heterocycles. The van der Waals surface area contributed by atoms with Crippen molar-refractivity contribution in [2.24, 2.45) is 0 Å². The van der Waals surface area contributed by atoms with Gasteiger partial charge in [-0.25, -0.2) is 9.97 Å². The molecule has 0 amide bonds. The number of ether oxygens (including phenoxy) is 2. The molecule has 1 unspecified atom stereocenters. The molecule has 0 radical (unpaired) electrons. The molecule has 1 aromatic heterocycles. The summed E-state index contributed by atoms with van der Waals surface area (Å²) in [4.78, 5) is 7.88. The second kappa shape index (κ2) is 5.64. The molecule has 5 heteroatoms. The maximum Gasteiger partial charge on any atom is 0.176 e. The van der Waals surface area contributed by atoms with Crippen molar-refractivity contribution in [1.82, 2.24) is 15.3 Å². The Morgan fingerprint density at radius 3 is 2.21 bits per heavy atom. The minimum Gasteiger partial charge on any atom is -0.354 e. The molecule has 0 saturated carbocycles. The third-order valence-electron chi connectivity index (χ3n) is 1.99. The van der Waals surface area contributed by atoms with Gasteiger partial charge < -0.3 is 14.8 Å². The summed E-state index contributed by atoms with van der Waals surface area (Å²) in [6, 6.07) is -0.0637. The van der Waals surface area contributed by atoms with E-state index in [1.807, 2.05) is 7.05 Å². The summed E-state index contributed by atoms with van der Waals surface area (Å²) in [6.45, 7) is 0. The van der Waals surface area contributed by atoms with Gasteiger partial charge in [0.2, 0.25) is 0 Å². The molecule has 0 saturated heterocycles. The van der Waals surface area contributed by atoms with Gasteiger partial charge in [0.1, 0.15) is 6.33 Å². The molecule has 5 nitrogen and oxygen atoms in total. The van der Waals surface area contributed by atoms with Gasteiger partial charge in [-0.05, 0) is 7.05 Å². The fraction of sp³-hybridized carbons (Fsp3) is 0.556. The monoisotopic (exact) mass is 197 g/mol. The topological polar surface area (TPSA) is 56.3 Å². The normalized spacial score (nSPS) is 13.1. The Hall–Kier alpha value is -1.04. The first-order chi connectivity index (χ1) is 6.83. The minimum absolute atomic E-state index is 0.0637.